The summed E-state index contributed by atoms with van der Waals surface area (Å²) in [5.74, 6) is 1.60. The molecule has 0 fully saturated rings. The highest BCUT2D eigenvalue weighted by molar-refractivity contribution is 6.32. The molecule has 5 rings (SSSR count). The molecule has 0 saturated heterocycles. The summed E-state index contributed by atoms with van der Waals surface area (Å²) in [4.78, 5) is 29.3. The third kappa shape index (κ3) is 4.86. The summed E-state index contributed by atoms with van der Waals surface area (Å²) < 4.78 is 22.5. The van der Waals surface area contributed by atoms with E-state index in [1.54, 1.807) is 37.3 Å². The van der Waals surface area contributed by atoms with Crippen LogP contribution in [0.3, 0.4) is 0 Å². The molecule has 0 radical (unpaired) electrons. The van der Waals surface area contributed by atoms with E-state index in [2.05, 4.69) is 6.58 Å². The average Bonchev–Trinajstić information content (AvgIpc) is 3.23. The van der Waals surface area contributed by atoms with Gasteiger partial charge in [0, 0.05) is 11.6 Å². The number of amides is 1. The topological polar surface area (TPSA) is 78.2 Å². The first-order valence-corrected chi connectivity index (χ1v) is 12.9. The van der Waals surface area contributed by atoms with E-state index in [9.17, 15) is 9.59 Å². The molecule has 0 N–H and O–H groups in total. The number of nitrogens with zero attached hydrogens (tertiary/aromatic N) is 1. The quantitative estimate of drug-likeness (QED) is 0.236. The van der Waals surface area contributed by atoms with Crippen molar-refractivity contribution in [2.75, 3.05) is 27.4 Å². The maximum absolute atomic E-state index is 13.8. The number of fused-ring (bicyclic) bond motifs is 2. The number of ether oxygens (including phenoxy) is 3. The van der Waals surface area contributed by atoms with Gasteiger partial charge in [-0.2, -0.15) is 0 Å². The predicted octanol–water partition coefficient (Wildman–Crippen LogP) is 6.12. The zero-order valence-corrected chi connectivity index (χ0v) is 22.7. The lowest BCUT2D eigenvalue weighted by atomic mass is 9.98. The Hall–Kier alpha value is -4.23. The zero-order chi connectivity index (χ0) is 27.7. The van der Waals surface area contributed by atoms with Gasteiger partial charge in [-0.05, 0) is 66.4 Å². The molecule has 8 heteroatoms. The SMILES string of the molecule is C=CCOc1ccc(C2c3c(oc4cc(C)c(Cl)cc4c3=O)C(=O)N2CCc2ccc(OC)c(OC)c2)cc1. The Bertz CT molecular complexity index is 1630. The van der Waals surface area contributed by atoms with Crippen molar-refractivity contribution in [1.29, 1.82) is 0 Å². The molecule has 7 nitrogen and oxygen atoms in total. The van der Waals surface area contributed by atoms with Crippen LogP contribution in [0.15, 0.2) is 76.5 Å². The van der Waals surface area contributed by atoms with Crippen molar-refractivity contribution < 1.29 is 23.4 Å². The van der Waals surface area contributed by atoms with Crippen LogP contribution in [0.25, 0.3) is 11.0 Å². The molecule has 1 atom stereocenters. The molecule has 1 unspecified atom stereocenters. The van der Waals surface area contributed by atoms with E-state index in [1.807, 2.05) is 49.4 Å². The van der Waals surface area contributed by atoms with Crippen LogP contribution in [0, 0.1) is 6.92 Å². The fraction of sp³-hybridized carbons (Fsp3) is 0.226. The van der Waals surface area contributed by atoms with Crippen LogP contribution in [-0.2, 0) is 6.42 Å². The van der Waals surface area contributed by atoms with Gasteiger partial charge in [0.2, 0.25) is 5.76 Å². The van der Waals surface area contributed by atoms with Gasteiger partial charge in [-0.25, -0.2) is 0 Å². The molecule has 200 valence electrons. The molecule has 4 aromatic rings. The number of rotatable bonds is 9. The van der Waals surface area contributed by atoms with Crippen molar-refractivity contribution in [2.24, 2.45) is 0 Å². The van der Waals surface area contributed by atoms with E-state index in [-0.39, 0.29) is 17.1 Å². The Balaban J connectivity index is 1.58. The van der Waals surface area contributed by atoms with Crippen LogP contribution in [-0.4, -0.2) is 38.2 Å². The van der Waals surface area contributed by atoms with E-state index in [1.165, 1.54) is 0 Å². The maximum atomic E-state index is 13.8. The van der Waals surface area contributed by atoms with Crippen LogP contribution < -0.4 is 19.6 Å². The molecule has 39 heavy (non-hydrogen) atoms. The van der Waals surface area contributed by atoms with Crippen molar-refractivity contribution in [3.05, 3.63) is 111 Å². The minimum Gasteiger partial charge on any atom is -0.493 e. The van der Waals surface area contributed by atoms with Crippen molar-refractivity contribution in [3.63, 3.8) is 0 Å². The summed E-state index contributed by atoms with van der Waals surface area (Å²) >= 11 is 6.35. The van der Waals surface area contributed by atoms with Crippen molar-refractivity contribution in [2.45, 2.75) is 19.4 Å². The fourth-order valence-electron chi connectivity index (χ4n) is 4.91. The van der Waals surface area contributed by atoms with Gasteiger partial charge >= 0.3 is 0 Å². The number of carbonyl (C=O) groups excluding carboxylic acids is 1. The molecule has 2 heterocycles. The van der Waals surface area contributed by atoms with E-state index in [0.717, 1.165) is 16.7 Å². The summed E-state index contributed by atoms with van der Waals surface area (Å²) in [6.45, 7) is 6.21. The lowest BCUT2D eigenvalue weighted by molar-refractivity contribution is 0.0730. The van der Waals surface area contributed by atoms with E-state index >= 15 is 0 Å². The number of methoxy groups -OCH3 is 2. The number of halogens is 1. The van der Waals surface area contributed by atoms with Gasteiger partial charge in [0.1, 0.15) is 17.9 Å². The number of aryl methyl sites for hydroxylation is 1. The second kappa shape index (κ2) is 10.9. The number of carbonyl (C=O) groups is 1. The summed E-state index contributed by atoms with van der Waals surface area (Å²) in [5, 5.41) is 0.805. The Kier molecular flexibility index (Phi) is 7.35. The van der Waals surface area contributed by atoms with E-state index in [0.29, 0.717) is 58.4 Å². The van der Waals surface area contributed by atoms with Crippen LogP contribution in [0.1, 0.15) is 38.9 Å². The first-order valence-electron chi connectivity index (χ1n) is 12.5. The molecule has 1 aromatic heterocycles. The second-order valence-electron chi connectivity index (χ2n) is 9.28. The first kappa shape index (κ1) is 26.4. The third-order valence-corrected chi connectivity index (χ3v) is 7.31. The van der Waals surface area contributed by atoms with E-state index in [4.69, 9.17) is 30.2 Å². The number of hydrogen-bond acceptors (Lipinski definition) is 6. The van der Waals surface area contributed by atoms with Gasteiger partial charge in [0.25, 0.3) is 5.91 Å². The molecule has 0 saturated carbocycles. The lowest BCUT2D eigenvalue weighted by Crippen LogP contribution is -2.31. The summed E-state index contributed by atoms with van der Waals surface area (Å²) in [5.41, 5.74) is 2.85. The Morgan fingerprint density at radius 3 is 2.46 bits per heavy atom. The summed E-state index contributed by atoms with van der Waals surface area (Å²) in [6.07, 6.45) is 2.19. The van der Waals surface area contributed by atoms with Gasteiger partial charge in [-0.3, -0.25) is 9.59 Å². The van der Waals surface area contributed by atoms with Crippen molar-refractivity contribution in [3.8, 4) is 17.2 Å². The molecule has 1 aliphatic rings. The van der Waals surface area contributed by atoms with Crippen molar-refractivity contribution >= 4 is 28.5 Å². The molecule has 1 aliphatic heterocycles. The predicted molar refractivity (Wildman–Crippen MR) is 150 cm³/mol. The van der Waals surface area contributed by atoms with Crippen molar-refractivity contribution in [1.82, 2.24) is 4.90 Å². The fourth-order valence-corrected chi connectivity index (χ4v) is 5.07. The standard InChI is InChI=1S/C31H28ClNO6/c1-5-14-38-21-9-7-20(8-10-21)28-27-29(34)22-17-23(32)18(2)15-25(22)39-30(27)31(35)33(28)13-12-19-6-11-24(36-3)26(16-19)37-4/h5-11,15-17,28H,1,12-14H2,2-4H3. The normalized spacial score (nSPS) is 14.4. The second-order valence-corrected chi connectivity index (χ2v) is 9.69. The Labute approximate surface area is 231 Å². The van der Waals surface area contributed by atoms with E-state index < -0.39 is 6.04 Å². The molecular formula is C31H28ClNO6. The molecule has 0 aliphatic carbocycles. The highest BCUT2D eigenvalue weighted by Gasteiger charge is 2.42. The Morgan fingerprint density at radius 1 is 1.03 bits per heavy atom. The summed E-state index contributed by atoms with van der Waals surface area (Å²) in [6, 6.07) is 15.7. The zero-order valence-electron chi connectivity index (χ0n) is 22.0. The Morgan fingerprint density at radius 2 is 1.77 bits per heavy atom. The van der Waals surface area contributed by atoms with Gasteiger partial charge in [-0.1, -0.05) is 42.5 Å². The van der Waals surface area contributed by atoms with Crippen LogP contribution in [0.2, 0.25) is 5.02 Å². The maximum Gasteiger partial charge on any atom is 0.290 e. The van der Waals surface area contributed by atoms with Crippen LogP contribution in [0.4, 0.5) is 0 Å². The smallest absolute Gasteiger partial charge is 0.290 e. The minimum absolute atomic E-state index is 0.0542. The van der Waals surface area contributed by atoms with Crippen LogP contribution >= 0.6 is 11.6 Å². The monoisotopic (exact) mass is 545 g/mol. The van der Waals surface area contributed by atoms with Gasteiger partial charge < -0.3 is 23.5 Å². The van der Waals surface area contributed by atoms with Crippen LogP contribution in [0.5, 0.6) is 17.2 Å². The minimum atomic E-state index is -0.637. The lowest BCUT2D eigenvalue weighted by Gasteiger charge is -2.25. The molecule has 0 spiro atoms. The van der Waals surface area contributed by atoms with Gasteiger partial charge in [0.05, 0.1) is 31.2 Å². The molecule has 0 bridgehead atoms. The first-order chi connectivity index (χ1) is 18.9. The number of benzene rings is 3. The molecule has 3 aromatic carbocycles. The van der Waals surface area contributed by atoms with Gasteiger partial charge in [-0.15, -0.1) is 0 Å². The number of hydrogen-bond donors (Lipinski definition) is 0. The molecular weight excluding hydrogens is 518 g/mol. The molecule has 1 amide bonds. The largest absolute Gasteiger partial charge is 0.493 e. The third-order valence-electron chi connectivity index (χ3n) is 6.90. The van der Waals surface area contributed by atoms with Gasteiger partial charge in [0.15, 0.2) is 16.9 Å². The summed E-state index contributed by atoms with van der Waals surface area (Å²) in [7, 11) is 3.16. The highest BCUT2D eigenvalue weighted by Crippen LogP contribution is 2.39. The average molecular weight is 546 g/mol. The highest BCUT2D eigenvalue weighted by atomic mass is 35.5.